The number of aromatic amines is 1. The third-order valence-electron chi connectivity index (χ3n) is 11.6. The molecule has 1 aliphatic carbocycles. The van der Waals surface area contributed by atoms with Crippen LogP contribution in [0.15, 0.2) is 169 Å². The van der Waals surface area contributed by atoms with Crippen molar-refractivity contribution < 1.29 is 0 Å². The number of hydrogen-bond donors (Lipinski definition) is 2. The van der Waals surface area contributed by atoms with Gasteiger partial charge in [-0.25, -0.2) is 9.98 Å². The van der Waals surface area contributed by atoms with Gasteiger partial charge in [-0.3, -0.25) is 5.41 Å². The summed E-state index contributed by atoms with van der Waals surface area (Å²) in [5.41, 5.74) is 12.7. The molecular formula is C50H35N5. The highest BCUT2D eigenvalue weighted by molar-refractivity contribution is 6.28. The predicted molar refractivity (Wildman–Crippen MR) is 227 cm³/mol. The molecule has 10 aromatic rings. The van der Waals surface area contributed by atoms with Gasteiger partial charge in [-0.15, -0.1) is 0 Å². The van der Waals surface area contributed by atoms with Crippen LogP contribution >= 0.6 is 0 Å². The van der Waals surface area contributed by atoms with Crippen LogP contribution in [0.4, 0.5) is 0 Å². The lowest BCUT2D eigenvalue weighted by atomic mass is 9.82. The summed E-state index contributed by atoms with van der Waals surface area (Å²) >= 11 is 0. The van der Waals surface area contributed by atoms with Gasteiger partial charge in [0, 0.05) is 27.3 Å². The zero-order valence-electron chi connectivity index (χ0n) is 30.4. The highest BCUT2D eigenvalue weighted by Crippen LogP contribution is 2.49. The van der Waals surface area contributed by atoms with Crippen LogP contribution in [0.2, 0.25) is 0 Å². The first kappa shape index (κ1) is 31.4. The highest BCUT2D eigenvalue weighted by atomic mass is 15.0. The number of nitrogens with one attached hydrogen (secondary N) is 2. The summed E-state index contributed by atoms with van der Waals surface area (Å²) in [5.74, 6) is 0.149. The Hall–Kier alpha value is -7.11. The van der Waals surface area contributed by atoms with Gasteiger partial charge in [-0.05, 0) is 86.3 Å². The molecule has 2 N–H and O–H groups in total. The molecule has 5 nitrogen and oxygen atoms in total. The largest absolute Gasteiger partial charge is 0.337 e. The summed E-state index contributed by atoms with van der Waals surface area (Å²) in [6.07, 6.45) is 0. The number of amidine groups is 1. The number of aromatic nitrogens is 3. The molecule has 1 aliphatic rings. The average Bonchev–Trinajstić information content (AvgIpc) is 3.69. The van der Waals surface area contributed by atoms with Crippen LogP contribution in [0.3, 0.4) is 0 Å². The molecule has 2 heterocycles. The predicted octanol–water partition coefficient (Wildman–Crippen LogP) is 11.9. The van der Waals surface area contributed by atoms with Crippen molar-refractivity contribution in [3.8, 4) is 28.1 Å². The zero-order chi connectivity index (χ0) is 36.8. The molecule has 0 radical (unpaired) electrons. The van der Waals surface area contributed by atoms with Crippen LogP contribution in [-0.2, 0) is 5.41 Å². The summed E-state index contributed by atoms with van der Waals surface area (Å²) in [5, 5.41) is 16.9. The van der Waals surface area contributed by atoms with Crippen LogP contribution in [0.25, 0.3) is 82.5 Å². The third kappa shape index (κ3) is 4.63. The van der Waals surface area contributed by atoms with Gasteiger partial charge in [0.1, 0.15) is 5.69 Å². The van der Waals surface area contributed by atoms with Crippen molar-refractivity contribution in [1.29, 1.82) is 5.41 Å². The van der Waals surface area contributed by atoms with Gasteiger partial charge in [0.2, 0.25) is 0 Å². The van der Waals surface area contributed by atoms with E-state index >= 15 is 0 Å². The number of benzene rings is 8. The SMILES string of the molecule is CC1(C)c2ccccc2-c2ccc(-c3nc4ccccc4[nH]c3=NC(=N)c3ccccc3-n3c4ccc5ccccc5c4c4c5ccccc5ccc43)cc21. The van der Waals surface area contributed by atoms with Crippen molar-refractivity contribution >= 4 is 60.2 Å². The number of fused-ring (bicyclic) bond motifs is 11. The van der Waals surface area contributed by atoms with E-state index in [2.05, 4.69) is 145 Å². The maximum Gasteiger partial charge on any atom is 0.159 e. The van der Waals surface area contributed by atoms with Crippen LogP contribution in [0, 0.1) is 5.41 Å². The van der Waals surface area contributed by atoms with Gasteiger partial charge < -0.3 is 9.55 Å². The lowest BCUT2D eigenvalue weighted by Gasteiger charge is -2.22. The van der Waals surface area contributed by atoms with Crippen molar-refractivity contribution in [3.63, 3.8) is 0 Å². The first-order chi connectivity index (χ1) is 27.0. The van der Waals surface area contributed by atoms with E-state index in [9.17, 15) is 5.41 Å². The molecule has 0 fully saturated rings. The quantitative estimate of drug-likeness (QED) is 0.139. The van der Waals surface area contributed by atoms with E-state index in [-0.39, 0.29) is 11.3 Å². The third-order valence-corrected chi connectivity index (χ3v) is 11.6. The van der Waals surface area contributed by atoms with E-state index in [1.807, 2.05) is 42.5 Å². The molecule has 0 saturated heterocycles. The van der Waals surface area contributed by atoms with Gasteiger partial charge in [0.15, 0.2) is 11.3 Å². The maximum absolute atomic E-state index is 9.70. The first-order valence-corrected chi connectivity index (χ1v) is 18.8. The number of nitrogens with zero attached hydrogens (tertiary/aromatic N) is 3. The Bertz CT molecular complexity index is 3230. The lowest BCUT2D eigenvalue weighted by molar-refractivity contribution is 0.660. The van der Waals surface area contributed by atoms with Gasteiger partial charge in [0.25, 0.3) is 0 Å². The summed E-state index contributed by atoms with van der Waals surface area (Å²) in [6.45, 7) is 4.58. The van der Waals surface area contributed by atoms with Crippen molar-refractivity contribution in [2.45, 2.75) is 19.3 Å². The Morgan fingerprint density at radius 1 is 0.618 bits per heavy atom. The van der Waals surface area contributed by atoms with Gasteiger partial charge >= 0.3 is 0 Å². The Morgan fingerprint density at radius 2 is 1.24 bits per heavy atom. The Morgan fingerprint density at radius 3 is 2.00 bits per heavy atom. The molecule has 11 rings (SSSR count). The van der Waals surface area contributed by atoms with Crippen LogP contribution in [0.5, 0.6) is 0 Å². The maximum atomic E-state index is 9.70. The minimum atomic E-state index is -0.162. The van der Waals surface area contributed by atoms with Crippen molar-refractivity contribution in [2.75, 3.05) is 0 Å². The molecule has 2 aromatic heterocycles. The molecule has 260 valence electrons. The molecule has 55 heavy (non-hydrogen) atoms. The minimum absolute atomic E-state index is 0.149. The molecule has 0 unspecified atom stereocenters. The lowest BCUT2D eigenvalue weighted by Crippen LogP contribution is -2.18. The van der Waals surface area contributed by atoms with E-state index in [0.717, 1.165) is 38.9 Å². The Kier molecular flexibility index (Phi) is 6.68. The second kappa shape index (κ2) is 11.7. The fourth-order valence-corrected chi connectivity index (χ4v) is 9.02. The number of H-pyrrole nitrogens is 1. The fraction of sp³-hybridized carbons (Fsp3) is 0.0600. The van der Waals surface area contributed by atoms with E-state index in [4.69, 9.17) is 9.98 Å². The fourth-order valence-electron chi connectivity index (χ4n) is 9.02. The Balaban J connectivity index is 1.14. The second-order valence-electron chi connectivity index (χ2n) is 15.1. The average molecular weight is 706 g/mol. The van der Waals surface area contributed by atoms with E-state index < -0.39 is 0 Å². The van der Waals surface area contributed by atoms with Gasteiger partial charge in [-0.1, -0.05) is 135 Å². The summed E-state index contributed by atoms with van der Waals surface area (Å²) in [6, 6.07) is 57.5. The van der Waals surface area contributed by atoms with Crippen molar-refractivity contribution in [2.24, 2.45) is 4.99 Å². The number of rotatable bonds is 3. The smallest absolute Gasteiger partial charge is 0.159 e. The summed E-state index contributed by atoms with van der Waals surface area (Å²) in [4.78, 5) is 13.9. The Labute approximate surface area is 317 Å². The molecule has 0 bridgehead atoms. The highest BCUT2D eigenvalue weighted by Gasteiger charge is 2.35. The zero-order valence-corrected chi connectivity index (χ0v) is 30.4. The minimum Gasteiger partial charge on any atom is -0.337 e. The monoisotopic (exact) mass is 705 g/mol. The van der Waals surface area contributed by atoms with Gasteiger partial charge in [-0.2, -0.15) is 0 Å². The molecule has 8 aromatic carbocycles. The molecular weight excluding hydrogens is 671 g/mol. The van der Waals surface area contributed by atoms with Gasteiger partial charge in [0.05, 0.1) is 27.8 Å². The second-order valence-corrected chi connectivity index (χ2v) is 15.1. The molecule has 0 saturated carbocycles. The number of para-hydroxylation sites is 3. The molecule has 0 aliphatic heterocycles. The van der Waals surface area contributed by atoms with Crippen LogP contribution < -0.4 is 5.49 Å². The molecule has 0 spiro atoms. The molecule has 0 amide bonds. The summed E-state index contributed by atoms with van der Waals surface area (Å²) in [7, 11) is 0. The topological polar surface area (TPSA) is 69.8 Å². The van der Waals surface area contributed by atoms with E-state index in [0.29, 0.717) is 11.2 Å². The molecule has 0 atom stereocenters. The van der Waals surface area contributed by atoms with E-state index in [1.165, 1.54) is 54.6 Å². The van der Waals surface area contributed by atoms with Crippen molar-refractivity contribution in [3.05, 3.63) is 186 Å². The normalized spacial score (nSPS) is 13.6. The summed E-state index contributed by atoms with van der Waals surface area (Å²) < 4.78 is 2.31. The van der Waals surface area contributed by atoms with E-state index in [1.54, 1.807) is 0 Å². The standard InChI is InChI=1S/C50H35N5/c1-50(2)38-19-9-7-17-35(38)36-26-23-32(29-39(36)50)47-49(53-41-21-11-10-20-40(41)52-47)54-48(51)37-18-8-12-22-42(37)55-43-27-24-30-13-3-5-15-33(30)45(43)46-34-16-6-4-14-31(34)25-28-44(46)55/h3-29H,1-2H3,(H2,51,53,54). The van der Waals surface area contributed by atoms with Crippen LogP contribution in [0.1, 0.15) is 30.5 Å². The number of hydrogen-bond acceptors (Lipinski definition) is 2. The molecule has 5 heteroatoms. The first-order valence-electron chi connectivity index (χ1n) is 18.8. The van der Waals surface area contributed by atoms with Crippen LogP contribution in [-0.4, -0.2) is 20.4 Å². The van der Waals surface area contributed by atoms with Crippen molar-refractivity contribution in [1.82, 2.24) is 14.5 Å².